The number of piperazine rings is 1. The molecule has 21 heavy (non-hydrogen) atoms. The fraction of sp³-hybridized carbons (Fsp3) is 0.625. The van der Waals surface area contributed by atoms with Crippen LogP contribution in [0.1, 0.15) is 25.3 Å². The van der Waals surface area contributed by atoms with Crippen molar-refractivity contribution in [1.29, 1.82) is 0 Å². The van der Waals surface area contributed by atoms with Crippen molar-refractivity contribution in [1.82, 2.24) is 9.80 Å². The van der Waals surface area contributed by atoms with Crippen LogP contribution in [-0.2, 0) is 6.54 Å². The molecule has 1 aromatic rings. The fourth-order valence-corrected chi connectivity index (χ4v) is 3.51. The summed E-state index contributed by atoms with van der Waals surface area (Å²) in [6.07, 6.45) is -3.57. The van der Waals surface area contributed by atoms with Gasteiger partial charge in [0.1, 0.15) is 5.54 Å². The minimum atomic E-state index is -4.09. The molecule has 0 radical (unpaired) electrons. The molecular formula is C16H21F3N2. The Balaban J connectivity index is 1.63. The number of alkyl halides is 3. The Bertz CT molecular complexity index is 482. The van der Waals surface area contributed by atoms with Crippen molar-refractivity contribution in [2.24, 2.45) is 0 Å². The van der Waals surface area contributed by atoms with Gasteiger partial charge in [-0.3, -0.25) is 9.80 Å². The third-order valence-corrected chi connectivity index (χ3v) is 4.76. The Morgan fingerprint density at radius 2 is 1.81 bits per heavy atom. The summed E-state index contributed by atoms with van der Waals surface area (Å²) < 4.78 is 39.7. The lowest BCUT2D eigenvalue weighted by Crippen LogP contribution is -2.60. The van der Waals surface area contributed by atoms with Crippen molar-refractivity contribution in [3.63, 3.8) is 0 Å². The molecule has 2 aliphatic rings. The predicted octanol–water partition coefficient (Wildman–Crippen LogP) is 3.29. The van der Waals surface area contributed by atoms with Crippen LogP contribution in [0.4, 0.5) is 13.2 Å². The monoisotopic (exact) mass is 298 g/mol. The Morgan fingerprint density at radius 3 is 2.33 bits per heavy atom. The van der Waals surface area contributed by atoms with Crippen LogP contribution < -0.4 is 0 Å². The highest BCUT2D eigenvalue weighted by molar-refractivity contribution is 5.15. The smallest absolute Gasteiger partial charge is 0.296 e. The van der Waals surface area contributed by atoms with Gasteiger partial charge in [-0.1, -0.05) is 30.3 Å². The zero-order chi connectivity index (χ0) is 15.1. The minimum absolute atomic E-state index is 0.0495. The van der Waals surface area contributed by atoms with E-state index in [1.165, 1.54) is 5.56 Å². The first-order valence-corrected chi connectivity index (χ1v) is 7.52. The Kier molecular flexibility index (Phi) is 3.74. The SMILES string of the molecule is CC1CN(Cc2ccccc2)CCN1C1(C(F)(F)F)CC1. The average molecular weight is 298 g/mol. The van der Waals surface area contributed by atoms with Crippen molar-refractivity contribution in [3.05, 3.63) is 35.9 Å². The molecular weight excluding hydrogens is 277 g/mol. The first-order valence-electron chi connectivity index (χ1n) is 7.52. The van der Waals surface area contributed by atoms with Crippen molar-refractivity contribution in [2.75, 3.05) is 19.6 Å². The van der Waals surface area contributed by atoms with Crippen LogP contribution in [0.2, 0.25) is 0 Å². The molecule has 1 unspecified atom stereocenters. The lowest BCUT2D eigenvalue weighted by atomic mass is 10.1. The molecule has 0 amide bonds. The Hall–Kier alpha value is -1.07. The quantitative estimate of drug-likeness (QED) is 0.845. The van der Waals surface area contributed by atoms with E-state index < -0.39 is 11.7 Å². The van der Waals surface area contributed by atoms with Crippen LogP contribution in [0.25, 0.3) is 0 Å². The molecule has 0 aromatic heterocycles. The number of benzene rings is 1. The zero-order valence-electron chi connectivity index (χ0n) is 12.2. The van der Waals surface area contributed by atoms with E-state index in [1.807, 2.05) is 25.1 Å². The second kappa shape index (κ2) is 5.29. The first kappa shape index (κ1) is 14.9. The molecule has 0 N–H and O–H groups in total. The molecule has 3 rings (SSSR count). The van der Waals surface area contributed by atoms with E-state index >= 15 is 0 Å². The molecule has 1 saturated carbocycles. The van der Waals surface area contributed by atoms with Gasteiger partial charge in [0.05, 0.1) is 0 Å². The van der Waals surface area contributed by atoms with Crippen molar-refractivity contribution < 1.29 is 13.2 Å². The van der Waals surface area contributed by atoms with Gasteiger partial charge in [0.2, 0.25) is 0 Å². The highest BCUT2D eigenvalue weighted by Crippen LogP contribution is 2.54. The molecule has 2 fully saturated rings. The number of rotatable bonds is 3. The average Bonchev–Trinajstić information content (AvgIpc) is 3.21. The molecule has 1 aromatic carbocycles. The van der Waals surface area contributed by atoms with Crippen molar-refractivity contribution in [2.45, 2.75) is 44.1 Å². The van der Waals surface area contributed by atoms with Gasteiger partial charge in [0.25, 0.3) is 0 Å². The highest BCUT2D eigenvalue weighted by Gasteiger charge is 2.67. The van der Waals surface area contributed by atoms with Gasteiger partial charge in [0.15, 0.2) is 0 Å². The number of hydrogen-bond donors (Lipinski definition) is 0. The molecule has 1 atom stereocenters. The fourth-order valence-electron chi connectivity index (χ4n) is 3.51. The summed E-state index contributed by atoms with van der Waals surface area (Å²) >= 11 is 0. The van der Waals surface area contributed by atoms with Gasteiger partial charge in [-0.15, -0.1) is 0 Å². The molecule has 0 spiro atoms. The second-order valence-electron chi connectivity index (χ2n) is 6.29. The van der Waals surface area contributed by atoms with Gasteiger partial charge in [-0.25, -0.2) is 0 Å². The second-order valence-corrected chi connectivity index (χ2v) is 6.29. The van der Waals surface area contributed by atoms with Crippen LogP contribution in [-0.4, -0.2) is 47.2 Å². The van der Waals surface area contributed by atoms with Crippen LogP contribution >= 0.6 is 0 Å². The first-order chi connectivity index (χ1) is 9.92. The van der Waals surface area contributed by atoms with Crippen LogP contribution in [0.3, 0.4) is 0 Å². The van der Waals surface area contributed by atoms with Gasteiger partial charge in [0, 0.05) is 32.2 Å². The van der Waals surface area contributed by atoms with Crippen LogP contribution in [0.15, 0.2) is 30.3 Å². The van der Waals surface area contributed by atoms with Crippen LogP contribution in [0.5, 0.6) is 0 Å². The van der Waals surface area contributed by atoms with E-state index in [0.29, 0.717) is 19.6 Å². The molecule has 0 bridgehead atoms. The maximum Gasteiger partial charge on any atom is 0.406 e. The molecule has 116 valence electrons. The maximum absolute atomic E-state index is 13.2. The summed E-state index contributed by atoms with van der Waals surface area (Å²) in [6.45, 7) is 4.65. The van der Waals surface area contributed by atoms with E-state index in [4.69, 9.17) is 0 Å². The minimum Gasteiger partial charge on any atom is -0.296 e. The van der Waals surface area contributed by atoms with E-state index in [0.717, 1.165) is 6.54 Å². The summed E-state index contributed by atoms with van der Waals surface area (Å²) in [5.41, 5.74) is -0.305. The summed E-state index contributed by atoms with van der Waals surface area (Å²) in [6, 6.07) is 10.1. The zero-order valence-corrected chi connectivity index (χ0v) is 12.2. The summed E-state index contributed by atoms with van der Waals surface area (Å²) in [5, 5.41) is 0. The summed E-state index contributed by atoms with van der Waals surface area (Å²) in [4.78, 5) is 3.94. The number of nitrogens with zero attached hydrogens (tertiary/aromatic N) is 2. The normalized spacial score (nSPS) is 26.8. The van der Waals surface area contributed by atoms with Gasteiger partial charge in [-0.05, 0) is 25.3 Å². The Morgan fingerprint density at radius 1 is 1.14 bits per heavy atom. The predicted molar refractivity (Wildman–Crippen MR) is 75.9 cm³/mol. The summed E-state index contributed by atoms with van der Waals surface area (Å²) in [7, 11) is 0. The largest absolute Gasteiger partial charge is 0.406 e. The lowest BCUT2D eigenvalue weighted by Gasteiger charge is -2.45. The molecule has 2 nitrogen and oxygen atoms in total. The Labute approximate surface area is 123 Å². The molecule has 1 aliphatic carbocycles. The number of hydrogen-bond acceptors (Lipinski definition) is 2. The molecule has 1 aliphatic heterocycles. The van der Waals surface area contributed by atoms with Gasteiger partial charge < -0.3 is 0 Å². The van der Waals surface area contributed by atoms with E-state index in [-0.39, 0.29) is 18.9 Å². The lowest BCUT2D eigenvalue weighted by molar-refractivity contribution is -0.207. The van der Waals surface area contributed by atoms with E-state index in [9.17, 15) is 13.2 Å². The van der Waals surface area contributed by atoms with Gasteiger partial charge >= 0.3 is 6.18 Å². The van der Waals surface area contributed by atoms with Crippen LogP contribution in [0, 0.1) is 0 Å². The third-order valence-electron chi connectivity index (χ3n) is 4.76. The molecule has 1 heterocycles. The molecule has 1 saturated heterocycles. The van der Waals surface area contributed by atoms with Crippen molar-refractivity contribution in [3.8, 4) is 0 Å². The van der Waals surface area contributed by atoms with Gasteiger partial charge in [-0.2, -0.15) is 13.2 Å². The molecule has 5 heteroatoms. The standard InChI is InChI=1S/C16H21F3N2/c1-13-11-20(12-14-5-3-2-4-6-14)9-10-21(13)15(7-8-15)16(17,18)19/h2-6,13H,7-12H2,1H3. The summed E-state index contributed by atoms with van der Waals surface area (Å²) in [5.74, 6) is 0. The van der Waals surface area contributed by atoms with E-state index in [1.54, 1.807) is 4.90 Å². The highest BCUT2D eigenvalue weighted by atomic mass is 19.4. The topological polar surface area (TPSA) is 6.48 Å². The van der Waals surface area contributed by atoms with E-state index in [2.05, 4.69) is 17.0 Å². The number of halogens is 3. The third kappa shape index (κ3) is 2.81. The maximum atomic E-state index is 13.2. The van der Waals surface area contributed by atoms with Crippen molar-refractivity contribution >= 4 is 0 Å².